The number of nitrogen functional groups attached to an aromatic ring is 1. The number of nitrogens with one attached hydrogen (secondary N) is 1. The number of anilines is 2. The first kappa shape index (κ1) is 10.9. The summed E-state index contributed by atoms with van der Waals surface area (Å²) in [5.74, 6) is -0.571. The van der Waals surface area contributed by atoms with Crippen LogP contribution in [0.1, 0.15) is 5.56 Å². The molecule has 1 aromatic heterocycles. The molecule has 3 N–H and O–H groups in total. The minimum absolute atomic E-state index is 0.0712. The highest BCUT2D eigenvalue weighted by Gasteiger charge is 2.21. The monoisotopic (exact) mass is 248 g/mol. The largest absolute Gasteiger partial charge is 0.369 e. The molecule has 0 amide bonds. The van der Waals surface area contributed by atoms with E-state index in [1.165, 1.54) is 12.1 Å². The van der Waals surface area contributed by atoms with Crippen LogP contribution in [0.25, 0.3) is 11.3 Å². The Morgan fingerprint density at radius 2 is 2.06 bits per heavy atom. The van der Waals surface area contributed by atoms with E-state index in [2.05, 4.69) is 15.3 Å². The molecule has 92 valence electrons. The third-order valence-corrected chi connectivity index (χ3v) is 2.88. The standard InChI is InChI=1S/C12H10F2N4/c13-6-1-2-7(9(14)5-6)10-8-3-4-16-11(8)18-12(15)17-10/h1-2,5H,3-4H2,(H3,15,16,17,18). The summed E-state index contributed by atoms with van der Waals surface area (Å²) in [6, 6.07) is 3.40. The van der Waals surface area contributed by atoms with Crippen molar-refractivity contribution in [2.75, 3.05) is 17.6 Å². The van der Waals surface area contributed by atoms with Gasteiger partial charge >= 0.3 is 0 Å². The van der Waals surface area contributed by atoms with Gasteiger partial charge < -0.3 is 11.1 Å². The lowest BCUT2D eigenvalue weighted by atomic mass is 10.0. The molecule has 0 spiro atoms. The van der Waals surface area contributed by atoms with E-state index in [-0.39, 0.29) is 11.5 Å². The number of hydrogen-bond acceptors (Lipinski definition) is 4. The minimum Gasteiger partial charge on any atom is -0.369 e. The van der Waals surface area contributed by atoms with E-state index in [1.807, 2.05) is 0 Å². The molecule has 0 atom stereocenters. The quantitative estimate of drug-likeness (QED) is 0.809. The van der Waals surface area contributed by atoms with Gasteiger partial charge in [0.2, 0.25) is 5.95 Å². The van der Waals surface area contributed by atoms with Crippen LogP contribution < -0.4 is 11.1 Å². The van der Waals surface area contributed by atoms with Gasteiger partial charge in [-0.25, -0.2) is 13.8 Å². The summed E-state index contributed by atoms with van der Waals surface area (Å²) in [6.45, 7) is 0.712. The number of hydrogen-bond donors (Lipinski definition) is 2. The van der Waals surface area contributed by atoms with Gasteiger partial charge in [-0.05, 0) is 18.6 Å². The average molecular weight is 248 g/mol. The third-order valence-electron chi connectivity index (χ3n) is 2.88. The van der Waals surface area contributed by atoms with Gasteiger partial charge in [-0.3, -0.25) is 0 Å². The van der Waals surface area contributed by atoms with E-state index in [0.29, 0.717) is 24.5 Å². The highest BCUT2D eigenvalue weighted by molar-refractivity contribution is 5.72. The van der Waals surface area contributed by atoms with Gasteiger partial charge in [0.05, 0.1) is 5.69 Å². The Hall–Kier alpha value is -2.24. The molecule has 6 heteroatoms. The minimum atomic E-state index is -0.651. The van der Waals surface area contributed by atoms with E-state index in [1.54, 1.807) is 0 Å². The Morgan fingerprint density at radius 3 is 2.83 bits per heavy atom. The molecule has 18 heavy (non-hydrogen) atoms. The van der Waals surface area contributed by atoms with Crippen molar-refractivity contribution in [3.05, 3.63) is 35.4 Å². The third kappa shape index (κ3) is 1.66. The van der Waals surface area contributed by atoms with Crippen molar-refractivity contribution in [2.45, 2.75) is 6.42 Å². The van der Waals surface area contributed by atoms with Gasteiger partial charge in [0.15, 0.2) is 0 Å². The Bertz CT molecular complexity index is 628. The Balaban J connectivity index is 2.23. The summed E-state index contributed by atoms with van der Waals surface area (Å²) in [7, 11) is 0. The molecule has 0 aliphatic carbocycles. The van der Waals surface area contributed by atoms with Crippen LogP contribution in [-0.4, -0.2) is 16.5 Å². The normalized spacial score (nSPS) is 13.2. The van der Waals surface area contributed by atoms with Gasteiger partial charge in [-0.15, -0.1) is 0 Å². The summed E-state index contributed by atoms with van der Waals surface area (Å²) in [6.07, 6.45) is 0.696. The first-order valence-electron chi connectivity index (χ1n) is 5.51. The number of rotatable bonds is 1. The molecule has 3 rings (SSSR count). The second-order valence-electron chi connectivity index (χ2n) is 4.06. The summed E-state index contributed by atoms with van der Waals surface area (Å²) in [5, 5.41) is 3.05. The maximum atomic E-state index is 13.8. The van der Waals surface area contributed by atoms with Gasteiger partial charge in [0, 0.05) is 23.7 Å². The van der Waals surface area contributed by atoms with Crippen molar-refractivity contribution in [2.24, 2.45) is 0 Å². The number of aromatic nitrogens is 2. The predicted molar refractivity (Wildman–Crippen MR) is 64.0 cm³/mol. The highest BCUT2D eigenvalue weighted by atomic mass is 19.1. The van der Waals surface area contributed by atoms with Gasteiger partial charge in [-0.2, -0.15) is 4.98 Å². The van der Waals surface area contributed by atoms with Crippen LogP contribution in [0.15, 0.2) is 18.2 Å². The molecule has 0 radical (unpaired) electrons. The topological polar surface area (TPSA) is 63.8 Å². The first-order chi connectivity index (χ1) is 8.65. The summed E-state index contributed by atoms with van der Waals surface area (Å²) in [5.41, 5.74) is 7.08. The van der Waals surface area contributed by atoms with Crippen molar-refractivity contribution in [1.29, 1.82) is 0 Å². The summed E-state index contributed by atoms with van der Waals surface area (Å²) < 4.78 is 26.7. The zero-order valence-corrected chi connectivity index (χ0v) is 9.37. The number of benzene rings is 1. The number of fused-ring (bicyclic) bond motifs is 1. The molecule has 2 heterocycles. The van der Waals surface area contributed by atoms with Crippen molar-refractivity contribution in [1.82, 2.24) is 9.97 Å². The lowest BCUT2D eigenvalue weighted by molar-refractivity contribution is 0.585. The van der Waals surface area contributed by atoms with Gasteiger partial charge in [0.1, 0.15) is 17.5 Å². The Labute approximate surface area is 102 Å². The average Bonchev–Trinajstić information content (AvgIpc) is 2.76. The van der Waals surface area contributed by atoms with Gasteiger partial charge in [-0.1, -0.05) is 0 Å². The van der Waals surface area contributed by atoms with Crippen LogP contribution in [0.5, 0.6) is 0 Å². The second kappa shape index (κ2) is 3.90. The van der Waals surface area contributed by atoms with E-state index < -0.39 is 11.6 Å². The molecule has 0 saturated carbocycles. The van der Waals surface area contributed by atoms with Crippen LogP contribution >= 0.6 is 0 Å². The molecule has 0 bridgehead atoms. The van der Waals surface area contributed by atoms with Crippen molar-refractivity contribution >= 4 is 11.8 Å². The van der Waals surface area contributed by atoms with E-state index in [0.717, 1.165) is 11.6 Å². The summed E-state index contributed by atoms with van der Waals surface area (Å²) >= 11 is 0. The molecule has 0 fully saturated rings. The molecule has 2 aromatic rings. The zero-order chi connectivity index (χ0) is 12.7. The fraction of sp³-hybridized carbons (Fsp3) is 0.167. The van der Waals surface area contributed by atoms with Crippen molar-refractivity contribution < 1.29 is 8.78 Å². The van der Waals surface area contributed by atoms with Crippen molar-refractivity contribution in [3.8, 4) is 11.3 Å². The lowest BCUT2D eigenvalue weighted by Crippen LogP contribution is -2.02. The van der Waals surface area contributed by atoms with Crippen LogP contribution in [0.4, 0.5) is 20.5 Å². The molecular weight excluding hydrogens is 238 g/mol. The summed E-state index contributed by atoms with van der Waals surface area (Å²) in [4.78, 5) is 8.12. The smallest absolute Gasteiger partial charge is 0.222 e. The molecular formula is C12H10F2N4. The van der Waals surface area contributed by atoms with E-state index in [9.17, 15) is 8.78 Å². The predicted octanol–water partition coefficient (Wildman–Crippen LogP) is 1.97. The van der Waals surface area contributed by atoms with Crippen molar-refractivity contribution in [3.63, 3.8) is 0 Å². The number of nitrogens with zero attached hydrogens (tertiary/aromatic N) is 2. The molecule has 1 aliphatic heterocycles. The fourth-order valence-corrected chi connectivity index (χ4v) is 2.09. The van der Waals surface area contributed by atoms with E-state index in [4.69, 9.17) is 5.73 Å². The molecule has 0 unspecified atom stereocenters. The highest BCUT2D eigenvalue weighted by Crippen LogP contribution is 2.32. The second-order valence-corrected chi connectivity index (χ2v) is 4.06. The molecule has 1 aliphatic rings. The van der Waals surface area contributed by atoms with Crippen LogP contribution in [0.2, 0.25) is 0 Å². The Kier molecular flexibility index (Phi) is 2.36. The first-order valence-corrected chi connectivity index (χ1v) is 5.51. The fourth-order valence-electron chi connectivity index (χ4n) is 2.09. The molecule has 4 nitrogen and oxygen atoms in total. The zero-order valence-electron chi connectivity index (χ0n) is 9.37. The van der Waals surface area contributed by atoms with Gasteiger partial charge in [0.25, 0.3) is 0 Å². The van der Waals surface area contributed by atoms with Crippen LogP contribution in [0, 0.1) is 11.6 Å². The maximum absolute atomic E-state index is 13.8. The number of halogens is 2. The number of nitrogens with two attached hydrogens (primary N) is 1. The maximum Gasteiger partial charge on any atom is 0.222 e. The van der Waals surface area contributed by atoms with Crippen LogP contribution in [0.3, 0.4) is 0 Å². The van der Waals surface area contributed by atoms with Crippen LogP contribution in [-0.2, 0) is 6.42 Å². The SMILES string of the molecule is Nc1nc2c(c(-c3ccc(F)cc3F)n1)CCN2. The Morgan fingerprint density at radius 1 is 1.22 bits per heavy atom. The lowest BCUT2D eigenvalue weighted by Gasteiger charge is -2.08. The molecule has 1 aromatic carbocycles. The molecule has 0 saturated heterocycles. The van der Waals surface area contributed by atoms with E-state index >= 15 is 0 Å².